The number of piperidine rings is 1. The van der Waals surface area contributed by atoms with Gasteiger partial charge in [0.1, 0.15) is 5.52 Å². The van der Waals surface area contributed by atoms with E-state index in [1.165, 1.54) is 37.5 Å². The predicted octanol–water partition coefficient (Wildman–Crippen LogP) is 2.65. The highest BCUT2D eigenvalue weighted by Crippen LogP contribution is 2.24. The van der Waals surface area contributed by atoms with Crippen molar-refractivity contribution < 1.29 is 14.1 Å². The number of ether oxygens (including phenoxy) is 1. The molecule has 1 fully saturated rings. The van der Waals surface area contributed by atoms with Crippen molar-refractivity contribution >= 4 is 16.8 Å². The Labute approximate surface area is 121 Å². The zero-order valence-electron chi connectivity index (χ0n) is 11.6. The van der Waals surface area contributed by atoms with Crippen molar-refractivity contribution in [1.82, 2.24) is 10.3 Å². The van der Waals surface area contributed by atoms with Gasteiger partial charge in [-0.2, -0.15) is 4.98 Å². The van der Waals surface area contributed by atoms with Gasteiger partial charge in [0.05, 0.1) is 11.5 Å². The molecule has 1 N–H and O–H groups in total. The minimum absolute atomic E-state index is 0.00578. The Morgan fingerprint density at radius 1 is 1.48 bits per heavy atom. The maximum atomic E-state index is 10.7. The van der Waals surface area contributed by atoms with Gasteiger partial charge in [0.15, 0.2) is 5.58 Å². The van der Waals surface area contributed by atoms with Crippen LogP contribution in [0.3, 0.4) is 0 Å². The van der Waals surface area contributed by atoms with Gasteiger partial charge in [0.2, 0.25) is 0 Å². The molecule has 0 spiro atoms. The van der Waals surface area contributed by atoms with Crippen LogP contribution in [-0.2, 0) is 0 Å². The number of rotatable bonds is 5. The molecule has 2 aromatic rings. The number of fused-ring (bicyclic) bond motifs is 1. The van der Waals surface area contributed by atoms with Crippen molar-refractivity contribution in [2.24, 2.45) is 0 Å². The molecule has 0 amide bonds. The van der Waals surface area contributed by atoms with Crippen LogP contribution >= 0.6 is 0 Å². The molecule has 3 rings (SSSR count). The van der Waals surface area contributed by atoms with Gasteiger partial charge in [0.25, 0.3) is 5.69 Å². The second-order valence-corrected chi connectivity index (χ2v) is 5.17. The third-order valence-corrected chi connectivity index (χ3v) is 3.67. The molecule has 1 aliphatic heterocycles. The first-order chi connectivity index (χ1) is 10.2. The summed E-state index contributed by atoms with van der Waals surface area (Å²) in [6.45, 7) is 1.59. The molecule has 7 heteroatoms. The van der Waals surface area contributed by atoms with Crippen LogP contribution in [0.25, 0.3) is 11.1 Å². The van der Waals surface area contributed by atoms with Crippen LogP contribution in [0.15, 0.2) is 22.6 Å². The topological polar surface area (TPSA) is 90.4 Å². The van der Waals surface area contributed by atoms with Crippen LogP contribution in [0.1, 0.15) is 25.7 Å². The van der Waals surface area contributed by atoms with Gasteiger partial charge in [-0.1, -0.05) is 6.42 Å². The minimum Gasteiger partial charge on any atom is -0.450 e. The Balaban J connectivity index is 1.60. The molecule has 1 saturated heterocycles. The number of hydrogen-bond acceptors (Lipinski definition) is 6. The maximum Gasteiger partial charge on any atom is 0.394 e. The molecule has 1 atom stereocenters. The van der Waals surface area contributed by atoms with Crippen molar-refractivity contribution in [2.75, 3.05) is 13.2 Å². The lowest BCUT2D eigenvalue weighted by atomic mass is 10.0. The summed E-state index contributed by atoms with van der Waals surface area (Å²) in [4.78, 5) is 14.4. The van der Waals surface area contributed by atoms with E-state index in [1.807, 2.05) is 0 Å². The molecular weight excluding hydrogens is 274 g/mol. The fourth-order valence-electron chi connectivity index (χ4n) is 2.53. The lowest BCUT2D eigenvalue weighted by Gasteiger charge is -2.22. The predicted molar refractivity (Wildman–Crippen MR) is 76.4 cm³/mol. The summed E-state index contributed by atoms with van der Waals surface area (Å²) in [6, 6.07) is 4.80. The molecule has 21 heavy (non-hydrogen) atoms. The summed E-state index contributed by atoms with van der Waals surface area (Å²) >= 11 is 0. The third kappa shape index (κ3) is 3.30. The lowest BCUT2D eigenvalue weighted by Crippen LogP contribution is -2.35. The average molecular weight is 291 g/mol. The standard InChI is InChI=1S/C14H17N3O4/c18-17(19)11-4-5-13-12(9-11)16-14(21-13)20-8-6-10-3-1-2-7-15-10/h4-5,9-10,15H,1-3,6-8H2/t10-/m0/s1. The molecule has 1 aromatic heterocycles. The molecule has 1 aromatic carbocycles. The second-order valence-electron chi connectivity index (χ2n) is 5.17. The van der Waals surface area contributed by atoms with E-state index in [9.17, 15) is 10.1 Å². The Hall–Kier alpha value is -2.15. The zero-order valence-corrected chi connectivity index (χ0v) is 11.6. The molecule has 0 unspecified atom stereocenters. The largest absolute Gasteiger partial charge is 0.450 e. The maximum absolute atomic E-state index is 10.7. The second kappa shape index (κ2) is 6.09. The van der Waals surface area contributed by atoms with Gasteiger partial charge in [-0.25, -0.2) is 0 Å². The van der Waals surface area contributed by atoms with Crippen LogP contribution in [0.5, 0.6) is 6.08 Å². The summed E-state index contributed by atoms with van der Waals surface area (Å²) in [5.41, 5.74) is 0.926. The number of nitrogens with one attached hydrogen (secondary N) is 1. The van der Waals surface area contributed by atoms with Crippen LogP contribution in [0.4, 0.5) is 5.69 Å². The molecule has 112 valence electrons. The van der Waals surface area contributed by atoms with Crippen molar-refractivity contribution in [3.05, 3.63) is 28.3 Å². The van der Waals surface area contributed by atoms with E-state index in [1.54, 1.807) is 0 Å². The summed E-state index contributed by atoms with van der Waals surface area (Å²) in [6.07, 6.45) is 4.73. The molecule has 7 nitrogen and oxygen atoms in total. The number of hydrogen-bond donors (Lipinski definition) is 1. The molecule has 0 radical (unpaired) electrons. The fraction of sp³-hybridized carbons (Fsp3) is 0.500. The van der Waals surface area contributed by atoms with E-state index in [-0.39, 0.29) is 11.8 Å². The smallest absolute Gasteiger partial charge is 0.394 e. The highest BCUT2D eigenvalue weighted by atomic mass is 16.6. The number of aromatic nitrogens is 1. The first-order valence-corrected chi connectivity index (χ1v) is 7.13. The van der Waals surface area contributed by atoms with E-state index in [4.69, 9.17) is 9.15 Å². The molecule has 1 aliphatic rings. The van der Waals surface area contributed by atoms with Gasteiger partial charge in [-0.3, -0.25) is 10.1 Å². The zero-order chi connectivity index (χ0) is 14.7. The Kier molecular flexibility index (Phi) is 4.01. The molecule has 0 saturated carbocycles. The summed E-state index contributed by atoms with van der Waals surface area (Å²) in [5.74, 6) is 0. The molecule has 0 aliphatic carbocycles. The third-order valence-electron chi connectivity index (χ3n) is 3.67. The number of benzene rings is 1. The van der Waals surface area contributed by atoms with Crippen LogP contribution in [-0.4, -0.2) is 29.1 Å². The fourth-order valence-corrected chi connectivity index (χ4v) is 2.53. The Bertz CT molecular complexity index is 634. The Morgan fingerprint density at radius 3 is 3.14 bits per heavy atom. The molecule has 2 heterocycles. The minimum atomic E-state index is -0.455. The molecular formula is C14H17N3O4. The highest BCUT2D eigenvalue weighted by Gasteiger charge is 2.14. The number of oxazole rings is 1. The van der Waals surface area contributed by atoms with Gasteiger partial charge in [0, 0.05) is 18.2 Å². The number of nitro benzene ring substituents is 1. The number of nitro groups is 1. The summed E-state index contributed by atoms with van der Waals surface area (Å²) < 4.78 is 10.9. The molecule has 0 bridgehead atoms. The monoisotopic (exact) mass is 291 g/mol. The quantitative estimate of drug-likeness (QED) is 0.672. The van der Waals surface area contributed by atoms with Gasteiger partial charge < -0.3 is 14.5 Å². The SMILES string of the molecule is O=[N+]([O-])c1ccc2oc(OCC[C@@H]3CCCCN3)nc2c1. The van der Waals surface area contributed by atoms with Gasteiger partial charge in [-0.15, -0.1) is 0 Å². The van der Waals surface area contributed by atoms with Crippen molar-refractivity contribution in [3.8, 4) is 6.08 Å². The van der Waals surface area contributed by atoms with Crippen LogP contribution < -0.4 is 10.1 Å². The van der Waals surface area contributed by atoms with E-state index in [2.05, 4.69) is 10.3 Å². The van der Waals surface area contributed by atoms with E-state index < -0.39 is 4.92 Å². The summed E-state index contributed by atoms with van der Waals surface area (Å²) in [5, 5.41) is 14.2. The van der Waals surface area contributed by atoms with Crippen molar-refractivity contribution in [1.29, 1.82) is 0 Å². The van der Waals surface area contributed by atoms with Gasteiger partial charge in [-0.05, 0) is 31.9 Å². The first-order valence-electron chi connectivity index (χ1n) is 7.13. The lowest BCUT2D eigenvalue weighted by molar-refractivity contribution is -0.384. The van der Waals surface area contributed by atoms with E-state index in [0.717, 1.165) is 13.0 Å². The van der Waals surface area contributed by atoms with E-state index >= 15 is 0 Å². The van der Waals surface area contributed by atoms with Gasteiger partial charge >= 0.3 is 6.08 Å². The summed E-state index contributed by atoms with van der Waals surface area (Å²) in [7, 11) is 0. The Morgan fingerprint density at radius 2 is 2.38 bits per heavy atom. The number of nitrogens with zero attached hydrogens (tertiary/aromatic N) is 2. The van der Waals surface area contributed by atoms with Crippen LogP contribution in [0, 0.1) is 10.1 Å². The average Bonchev–Trinajstić information content (AvgIpc) is 2.90. The van der Waals surface area contributed by atoms with E-state index in [0.29, 0.717) is 23.7 Å². The highest BCUT2D eigenvalue weighted by molar-refractivity contribution is 5.75. The first kappa shape index (κ1) is 13.8. The van der Waals surface area contributed by atoms with Crippen molar-refractivity contribution in [2.45, 2.75) is 31.7 Å². The van der Waals surface area contributed by atoms with Crippen LogP contribution in [0.2, 0.25) is 0 Å². The normalized spacial score (nSPS) is 18.8. The van der Waals surface area contributed by atoms with Crippen molar-refractivity contribution in [3.63, 3.8) is 0 Å². The number of non-ortho nitro benzene ring substituents is 1.